The predicted molar refractivity (Wildman–Crippen MR) is 71.8 cm³/mol. The maximum absolute atomic E-state index is 12.3. The Bertz CT molecular complexity index is 394. The van der Waals surface area contributed by atoms with Crippen molar-refractivity contribution in [3.8, 4) is 0 Å². The van der Waals surface area contributed by atoms with Gasteiger partial charge in [0.2, 0.25) is 5.91 Å². The summed E-state index contributed by atoms with van der Waals surface area (Å²) in [6.45, 7) is 2.30. The zero-order chi connectivity index (χ0) is 13.9. The number of rotatable bonds is 5. The second-order valence-corrected chi connectivity index (χ2v) is 7.61. The van der Waals surface area contributed by atoms with Crippen LogP contribution in [0.25, 0.3) is 0 Å². The third-order valence-corrected chi connectivity index (χ3v) is 4.92. The van der Waals surface area contributed by atoms with Crippen LogP contribution in [0, 0.1) is 11.8 Å². The van der Waals surface area contributed by atoms with Gasteiger partial charge in [-0.2, -0.15) is 0 Å². The molecular weight excluding hydrogens is 252 g/mol. The lowest BCUT2D eigenvalue weighted by Gasteiger charge is -2.29. The Morgan fingerprint density at radius 3 is 2.56 bits per heavy atom. The van der Waals surface area contributed by atoms with E-state index in [0.717, 1.165) is 19.3 Å². The number of nitrogens with two attached hydrogens (primary N) is 1. The fourth-order valence-electron chi connectivity index (χ4n) is 2.67. The molecule has 1 fully saturated rings. The van der Waals surface area contributed by atoms with Gasteiger partial charge in [0.15, 0.2) is 0 Å². The molecule has 106 valence electrons. The lowest BCUT2D eigenvalue weighted by molar-refractivity contribution is -0.136. The quantitative estimate of drug-likeness (QED) is 0.780. The second kappa shape index (κ2) is 6.02. The van der Waals surface area contributed by atoms with Crippen molar-refractivity contribution in [1.82, 2.24) is 4.90 Å². The van der Waals surface area contributed by atoms with Gasteiger partial charge in [-0.05, 0) is 32.2 Å². The standard InChI is InChI=1S/C12H24N2O3S/c1-9(8-18(3,16)17)14(2)12(15)11-6-4-5-10(11)7-13/h9-11H,4-8,13H2,1-3H3/t9?,10-,11-/m1/s1. The highest BCUT2D eigenvalue weighted by molar-refractivity contribution is 7.90. The Morgan fingerprint density at radius 2 is 2.06 bits per heavy atom. The Labute approximate surface area is 110 Å². The molecule has 18 heavy (non-hydrogen) atoms. The van der Waals surface area contributed by atoms with Gasteiger partial charge in [-0.3, -0.25) is 4.79 Å². The van der Waals surface area contributed by atoms with Gasteiger partial charge >= 0.3 is 0 Å². The summed E-state index contributed by atoms with van der Waals surface area (Å²) in [5, 5.41) is 0. The molecule has 0 bridgehead atoms. The van der Waals surface area contributed by atoms with E-state index in [9.17, 15) is 13.2 Å². The highest BCUT2D eigenvalue weighted by Crippen LogP contribution is 2.32. The van der Waals surface area contributed by atoms with Gasteiger partial charge < -0.3 is 10.6 Å². The molecule has 1 aliphatic carbocycles. The van der Waals surface area contributed by atoms with Crippen molar-refractivity contribution in [2.24, 2.45) is 17.6 Å². The van der Waals surface area contributed by atoms with Crippen molar-refractivity contribution in [3.63, 3.8) is 0 Å². The van der Waals surface area contributed by atoms with Crippen LogP contribution in [0.3, 0.4) is 0 Å². The van der Waals surface area contributed by atoms with Crippen molar-refractivity contribution < 1.29 is 13.2 Å². The van der Waals surface area contributed by atoms with Crippen LogP contribution in [0.1, 0.15) is 26.2 Å². The SMILES string of the molecule is CC(CS(C)(=O)=O)N(C)C(=O)[C@@H]1CCC[C@@H]1CN. The molecule has 2 N–H and O–H groups in total. The van der Waals surface area contributed by atoms with E-state index in [2.05, 4.69) is 0 Å². The van der Waals surface area contributed by atoms with Crippen LogP contribution in [-0.2, 0) is 14.6 Å². The Kier molecular flexibility index (Phi) is 5.16. The van der Waals surface area contributed by atoms with Crippen molar-refractivity contribution in [2.45, 2.75) is 32.2 Å². The number of sulfone groups is 1. The summed E-state index contributed by atoms with van der Waals surface area (Å²) < 4.78 is 22.5. The molecule has 1 rings (SSSR count). The molecule has 0 radical (unpaired) electrons. The number of amides is 1. The van der Waals surface area contributed by atoms with E-state index in [-0.39, 0.29) is 29.5 Å². The van der Waals surface area contributed by atoms with E-state index in [1.165, 1.54) is 6.26 Å². The number of carbonyl (C=O) groups excluding carboxylic acids is 1. The van der Waals surface area contributed by atoms with Crippen LogP contribution in [-0.4, -0.2) is 50.9 Å². The van der Waals surface area contributed by atoms with Gasteiger partial charge in [-0.15, -0.1) is 0 Å². The third-order valence-electron chi connectivity index (χ3n) is 3.83. The molecular formula is C12H24N2O3S. The van der Waals surface area contributed by atoms with Gasteiger partial charge in [0.1, 0.15) is 9.84 Å². The molecule has 1 amide bonds. The van der Waals surface area contributed by atoms with Crippen molar-refractivity contribution >= 4 is 15.7 Å². The summed E-state index contributed by atoms with van der Waals surface area (Å²) in [6, 6.07) is -0.286. The van der Waals surface area contributed by atoms with Crippen LogP contribution in [0.2, 0.25) is 0 Å². The normalized spacial score (nSPS) is 26.0. The van der Waals surface area contributed by atoms with Crippen molar-refractivity contribution in [1.29, 1.82) is 0 Å². The largest absolute Gasteiger partial charge is 0.342 e. The number of hydrogen-bond acceptors (Lipinski definition) is 4. The minimum atomic E-state index is -3.06. The molecule has 5 nitrogen and oxygen atoms in total. The Hall–Kier alpha value is -0.620. The predicted octanol–water partition coefficient (Wildman–Crippen LogP) is 0.253. The summed E-state index contributed by atoms with van der Waals surface area (Å²) in [6.07, 6.45) is 4.10. The molecule has 0 aromatic heterocycles. The molecule has 0 heterocycles. The monoisotopic (exact) mass is 276 g/mol. The lowest BCUT2D eigenvalue weighted by Crippen LogP contribution is -2.44. The van der Waals surface area contributed by atoms with Crippen molar-refractivity contribution in [2.75, 3.05) is 25.6 Å². The maximum Gasteiger partial charge on any atom is 0.226 e. The van der Waals surface area contributed by atoms with E-state index < -0.39 is 9.84 Å². The lowest BCUT2D eigenvalue weighted by atomic mass is 9.94. The summed E-state index contributed by atoms with van der Waals surface area (Å²) in [4.78, 5) is 13.9. The van der Waals surface area contributed by atoms with Gasteiger partial charge in [0.25, 0.3) is 0 Å². The minimum absolute atomic E-state index is 0.00918. The minimum Gasteiger partial charge on any atom is -0.342 e. The average Bonchev–Trinajstić information content (AvgIpc) is 2.72. The number of nitrogens with zero attached hydrogens (tertiary/aromatic N) is 1. The van der Waals surface area contributed by atoms with E-state index >= 15 is 0 Å². The van der Waals surface area contributed by atoms with E-state index in [0.29, 0.717) is 6.54 Å². The zero-order valence-corrected chi connectivity index (χ0v) is 12.2. The van der Waals surface area contributed by atoms with E-state index in [1.807, 2.05) is 0 Å². The van der Waals surface area contributed by atoms with Gasteiger partial charge in [-0.25, -0.2) is 8.42 Å². The first-order valence-corrected chi connectivity index (χ1v) is 8.46. The van der Waals surface area contributed by atoms with Gasteiger partial charge in [0, 0.05) is 25.3 Å². The highest BCUT2D eigenvalue weighted by Gasteiger charge is 2.35. The van der Waals surface area contributed by atoms with Crippen LogP contribution >= 0.6 is 0 Å². The summed E-state index contributed by atoms with van der Waals surface area (Å²) >= 11 is 0. The van der Waals surface area contributed by atoms with Crippen LogP contribution in [0.15, 0.2) is 0 Å². The summed E-state index contributed by atoms with van der Waals surface area (Å²) in [7, 11) is -1.38. The van der Waals surface area contributed by atoms with Gasteiger partial charge in [0.05, 0.1) is 5.75 Å². The summed E-state index contributed by atoms with van der Waals surface area (Å²) in [5.74, 6) is 0.279. The zero-order valence-electron chi connectivity index (χ0n) is 11.4. The highest BCUT2D eigenvalue weighted by atomic mass is 32.2. The molecule has 1 unspecified atom stereocenters. The maximum atomic E-state index is 12.3. The van der Waals surface area contributed by atoms with E-state index in [1.54, 1.807) is 18.9 Å². The Balaban J connectivity index is 2.66. The molecule has 1 aliphatic rings. The second-order valence-electron chi connectivity index (χ2n) is 5.42. The van der Waals surface area contributed by atoms with Crippen molar-refractivity contribution in [3.05, 3.63) is 0 Å². The molecule has 0 aromatic carbocycles. The molecule has 0 saturated heterocycles. The van der Waals surface area contributed by atoms with Gasteiger partial charge in [-0.1, -0.05) is 6.42 Å². The number of hydrogen-bond donors (Lipinski definition) is 1. The van der Waals surface area contributed by atoms with Crippen LogP contribution in [0.4, 0.5) is 0 Å². The first-order valence-electron chi connectivity index (χ1n) is 6.40. The first-order chi connectivity index (χ1) is 8.26. The third kappa shape index (κ3) is 3.95. The molecule has 0 aliphatic heterocycles. The van der Waals surface area contributed by atoms with Crippen LogP contribution in [0.5, 0.6) is 0 Å². The Morgan fingerprint density at radius 1 is 1.44 bits per heavy atom. The topological polar surface area (TPSA) is 80.5 Å². The molecule has 0 spiro atoms. The molecule has 1 saturated carbocycles. The summed E-state index contributed by atoms with van der Waals surface area (Å²) in [5.41, 5.74) is 5.67. The first kappa shape index (κ1) is 15.4. The fourth-order valence-corrected chi connectivity index (χ4v) is 3.77. The fraction of sp³-hybridized carbons (Fsp3) is 0.917. The smallest absolute Gasteiger partial charge is 0.226 e. The molecule has 6 heteroatoms. The number of carbonyl (C=O) groups is 1. The average molecular weight is 276 g/mol. The molecule has 0 aromatic rings. The van der Waals surface area contributed by atoms with Crippen LogP contribution < -0.4 is 5.73 Å². The van der Waals surface area contributed by atoms with E-state index in [4.69, 9.17) is 5.73 Å². The molecule has 3 atom stereocenters.